The molecule has 0 saturated carbocycles. The highest BCUT2D eigenvalue weighted by Crippen LogP contribution is 2.31. The quantitative estimate of drug-likeness (QED) is 0.620. The number of aromatic hydroxyl groups is 2. The third-order valence-corrected chi connectivity index (χ3v) is 2.21. The number of phenolic OH excluding ortho intramolecular Hbond substituents is 2. The van der Waals surface area contributed by atoms with Gasteiger partial charge < -0.3 is 15.3 Å². The van der Waals surface area contributed by atoms with E-state index in [9.17, 15) is 15.0 Å². The van der Waals surface area contributed by atoms with Gasteiger partial charge in [0, 0.05) is 5.39 Å². The second kappa shape index (κ2) is 3.16. The van der Waals surface area contributed by atoms with Gasteiger partial charge in [0.1, 0.15) is 0 Å². The van der Waals surface area contributed by atoms with E-state index in [0.29, 0.717) is 10.8 Å². The number of hydrogen-bond acceptors (Lipinski definition) is 3. The lowest BCUT2D eigenvalue weighted by Gasteiger charge is -2.04. The summed E-state index contributed by atoms with van der Waals surface area (Å²) < 4.78 is 0. The molecule has 0 unspecified atom stereocenters. The minimum absolute atomic E-state index is 0.0998. The highest BCUT2D eigenvalue weighted by molar-refractivity contribution is 6.04. The Kier molecular flexibility index (Phi) is 1.97. The van der Waals surface area contributed by atoms with Crippen molar-refractivity contribution < 1.29 is 20.1 Å². The lowest BCUT2D eigenvalue weighted by atomic mass is 10.0. The molecule has 2 aromatic carbocycles. The second-order valence-corrected chi connectivity index (χ2v) is 3.17. The molecule has 4 nitrogen and oxygen atoms in total. The molecule has 0 saturated heterocycles. The van der Waals surface area contributed by atoms with E-state index in [1.165, 1.54) is 18.2 Å². The first kappa shape index (κ1) is 9.33. The maximum absolute atomic E-state index is 10.9. The standard InChI is InChI=1S/C11H8O4/c12-9-4-6-2-1-3-7(11(14)15)8(6)5-10(9)13/h1-5,12-13H,(H,14,15). The van der Waals surface area contributed by atoms with E-state index in [1.807, 2.05) is 0 Å². The van der Waals surface area contributed by atoms with Gasteiger partial charge in [-0.05, 0) is 23.6 Å². The van der Waals surface area contributed by atoms with Crippen molar-refractivity contribution in [2.45, 2.75) is 0 Å². The van der Waals surface area contributed by atoms with Gasteiger partial charge in [-0.15, -0.1) is 0 Å². The molecule has 0 aliphatic carbocycles. The molecule has 0 aliphatic rings. The first-order chi connectivity index (χ1) is 7.09. The first-order valence-corrected chi connectivity index (χ1v) is 4.27. The zero-order valence-electron chi connectivity index (χ0n) is 7.64. The average molecular weight is 204 g/mol. The topological polar surface area (TPSA) is 77.8 Å². The van der Waals surface area contributed by atoms with Crippen LogP contribution in [-0.2, 0) is 0 Å². The minimum Gasteiger partial charge on any atom is -0.504 e. The van der Waals surface area contributed by atoms with Crippen LogP contribution in [0.1, 0.15) is 10.4 Å². The SMILES string of the molecule is O=C(O)c1cccc2cc(O)c(O)cc12. The van der Waals surface area contributed by atoms with Crippen molar-refractivity contribution in [3.05, 3.63) is 35.9 Å². The highest BCUT2D eigenvalue weighted by atomic mass is 16.4. The molecule has 3 N–H and O–H groups in total. The monoisotopic (exact) mass is 204 g/mol. The smallest absolute Gasteiger partial charge is 0.336 e. The molecule has 0 bridgehead atoms. The van der Waals surface area contributed by atoms with Crippen molar-refractivity contribution in [3.63, 3.8) is 0 Å². The summed E-state index contributed by atoms with van der Waals surface area (Å²) in [7, 11) is 0. The van der Waals surface area contributed by atoms with Crippen molar-refractivity contribution in [1.82, 2.24) is 0 Å². The summed E-state index contributed by atoms with van der Waals surface area (Å²) in [6.45, 7) is 0. The Hall–Kier alpha value is -2.23. The Morgan fingerprint density at radius 2 is 1.73 bits per heavy atom. The van der Waals surface area contributed by atoms with Crippen LogP contribution in [0.5, 0.6) is 11.5 Å². The fourth-order valence-corrected chi connectivity index (χ4v) is 1.49. The van der Waals surface area contributed by atoms with Gasteiger partial charge in [-0.2, -0.15) is 0 Å². The van der Waals surface area contributed by atoms with Crippen LogP contribution in [-0.4, -0.2) is 21.3 Å². The lowest BCUT2D eigenvalue weighted by molar-refractivity contribution is 0.0699. The third kappa shape index (κ3) is 1.46. The second-order valence-electron chi connectivity index (χ2n) is 3.17. The van der Waals surface area contributed by atoms with Gasteiger partial charge in [-0.3, -0.25) is 0 Å². The van der Waals surface area contributed by atoms with E-state index in [0.717, 1.165) is 0 Å². The number of carboxylic acids is 1. The number of fused-ring (bicyclic) bond motifs is 1. The number of carboxylic acid groups (broad SMARTS) is 1. The van der Waals surface area contributed by atoms with Gasteiger partial charge in [-0.1, -0.05) is 12.1 Å². The van der Waals surface area contributed by atoms with Gasteiger partial charge in [0.25, 0.3) is 0 Å². The predicted molar refractivity (Wildman–Crippen MR) is 54.2 cm³/mol. The number of hydrogen-bond donors (Lipinski definition) is 3. The molecule has 0 atom stereocenters. The molecule has 76 valence electrons. The minimum atomic E-state index is -1.06. The van der Waals surface area contributed by atoms with E-state index in [4.69, 9.17) is 5.11 Å². The summed E-state index contributed by atoms with van der Waals surface area (Å²) in [6.07, 6.45) is 0. The van der Waals surface area contributed by atoms with Crippen molar-refractivity contribution in [1.29, 1.82) is 0 Å². The van der Waals surface area contributed by atoms with Crippen LogP contribution in [0.3, 0.4) is 0 Å². The van der Waals surface area contributed by atoms with Crippen LogP contribution in [0.25, 0.3) is 10.8 Å². The molecule has 2 rings (SSSR count). The molecule has 0 radical (unpaired) electrons. The van der Waals surface area contributed by atoms with Crippen LogP contribution in [0, 0.1) is 0 Å². The molecule has 0 fully saturated rings. The van der Waals surface area contributed by atoms with Crippen molar-refractivity contribution >= 4 is 16.7 Å². The highest BCUT2D eigenvalue weighted by Gasteiger charge is 2.10. The summed E-state index contributed by atoms with van der Waals surface area (Å²) in [5.41, 5.74) is 0.0998. The molecule has 0 spiro atoms. The first-order valence-electron chi connectivity index (χ1n) is 4.27. The van der Waals surface area contributed by atoms with Crippen molar-refractivity contribution in [2.75, 3.05) is 0 Å². The molecular formula is C11H8O4. The van der Waals surface area contributed by atoms with E-state index < -0.39 is 5.97 Å². The average Bonchev–Trinajstić information content (AvgIpc) is 2.18. The van der Waals surface area contributed by atoms with Gasteiger partial charge >= 0.3 is 5.97 Å². The van der Waals surface area contributed by atoms with E-state index in [2.05, 4.69) is 0 Å². The van der Waals surface area contributed by atoms with E-state index in [1.54, 1.807) is 12.1 Å². The number of carbonyl (C=O) groups is 1. The number of phenols is 2. The Labute approximate surface area is 85.0 Å². The van der Waals surface area contributed by atoms with Gasteiger partial charge in [0.15, 0.2) is 11.5 Å². The van der Waals surface area contributed by atoms with E-state index >= 15 is 0 Å². The number of aromatic carboxylic acids is 1. The van der Waals surface area contributed by atoms with Crippen LogP contribution < -0.4 is 0 Å². The largest absolute Gasteiger partial charge is 0.504 e. The fourth-order valence-electron chi connectivity index (χ4n) is 1.49. The summed E-state index contributed by atoms with van der Waals surface area (Å²) in [4.78, 5) is 10.9. The Morgan fingerprint density at radius 3 is 2.40 bits per heavy atom. The Bertz CT molecular complexity index is 546. The molecule has 2 aromatic rings. The zero-order valence-corrected chi connectivity index (χ0v) is 7.64. The molecule has 0 aromatic heterocycles. The number of benzene rings is 2. The fraction of sp³-hybridized carbons (Fsp3) is 0. The summed E-state index contributed by atoms with van der Waals surface area (Å²) in [5.74, 6) is -1.65. The Balaban J connectivity index is 2.86. The zero-order chi connectivity index (χ0) is 11.0. The third-order valence-electron chi connectivity index (χ3n) is 2.21. The van der Waals surface area contributed by atoms with Crippen molar-refractivity contribution in [2.24, 2.45) is 0 Å². The molecule has 15 heavy (non-hydrogen) atoms. The van der Waals surface area contributed by atoms with Crippen LogP contribution in [0.4, 0.5) is 0 Å². The molecular weight excluding hydrogens is 196 g/mol. The molecule has 4 heteroatoms. The summed E-state index contributed by atoms with van der Waals surface area (Å²) in [5, 5.41) is 28.4. The maximum atomic E-state index is 10.9. The van der Waals surface area contributed by atoms with Crippen LogP contribution in [0.2, 0.25) is 0 Å². The number of rotatable bonds is 1. The lowest BCUT2D eigenvalue weighted by Crippen LogP contribution is -1.96. The molecule has 0 heterocycles. The normalized spacial score (nSPS) is 10.4. The molecule has 0 aliphatic heterocycles. The summed E-state index contributed by atoms with van der Waals surface area (Å²) >= 11 is 0. The Morgan fingerprint density at radius 1 is 1.07 bits per heavy atom. The van der Waals surface area contributed by atoms with E-state index in [-0.39, 0.29) is 17.1 Å². The van der Waals surface area contributed by atoms with Crippen LogP contribution in [0.15, 0.2) is 30.3 Å². The van der Waals surface area contributed by atoms with Gasteiger partial charge in [0.05, 0.1) is 5.56 Å². The molecule has 0 amide bonds. The predicted octanol–water partition coefficient (Wildman–Crippen LogP) is 1.95. The van der Waals surface area contributed by atoms with Gasteiger partial charge in [-0.25, -0.2) is 4.79 Å². The maximum Gasteiger partial charge on any atom is 0.336 e. The van der Waals surface area contributed by atoms with Crippen molar-refractivity contribution in [3.8, 4) is 11.5 Å². The van der Waals surface area contributed by atoms with Gasteiger partial charge in [0.2, 0.25) is 0 Å². The van der Waals surface area contributed by atoms with Crippen LogP contribution >= 0.6 is 0 Å². The summed E-state index contributed by atoms with van der Waals surface area (Å²) in [6, 6.07) is 7.27.